The number of amidine groups is 1. The van der Waals surface area contributed by atoms with Crippen molar-refractivity contribution >= 4 is 29.2 Å². The lowest BCUT2D eigenvalue weighted by Gasteiger charge is -2.12. The van der Waals surface area contributed by atoms with Crippen molar-refractivity contribution in [3.05, 3.63) is 69.6 Å². The Balaban J connectivity index is 2.07. The summed E-state index contributed by atoms with van der Waals surface area (Å²) in [7, 11) is 0. The quantitative estimate of drug-likeness (QED) is 0.433. The first-order valence-corrected chi connectivity index (χ1v) is 8.06. The van der Waals surface area contributed by atoms with E-state index in [9.17, 15) is 8.78 Å². The van der Waals surface area contributed by atoms with E-state index < -0.39 is 23.0 Å². The van der Waals surface area contributed by atoms with Gasteiger partial charge in [0.1, 0.15) is 18.3 Å². The van der Waals surface area contributed by atoms with E-state index in [1.807, 2.05) is 19.1 Å². The smallest absolute Gasteiger partial charge is 0.178 e. The Morgan fingerprint density at radius 1 is 1.33 bits per heavy atom. The minimum atomic E-state index is -0.997. The largest absolute Gasteiger partial charge is 0.485 e. The van der Waals surface area contributed by atoms with Gasteiger partial charge >= 0.3 is 0 Å². The van der Waals surface area contributed by atoms with Crippen LogP contribution in [0.15, 0.2) is 46.7 Å². The number of nitrogens with two attached hydrogens (primary N) is 1. The molecule has 24 heavy (non-hydrogen) atoms. The Kier molecular flexibility index (Phi) is 5.85. The van der Waals surface area contributed by atoms with Crippen molar-refractivity contribution < 1.29 is 13.5 Å². The van der Waals surface area contributed by atoms with E-state index in [1.54, 1.807) is 6.07 Å². The Bertz CT molecular complexity index is 811. The van der Waals surface area contributed by atoms with E-state index in [-0.39, 0.29) is 12.4 Å². The minimum absolute atomic E-state index is 0.0205. The normalized spacial score (nSPS) is 10.5. The predicted molar refractivity (Wildman–Crippen MR) is 94.1 cm³/mol. The van der Waals surface area contributed by atoms with Crippen molar-refractivity contribution in [1.29, 1.82) is 5.41 Å². The molecule has 0 saturated carbocycles. The molecule has 0 fully saturated rings. The second-order valence-corrected chi connectivity index (χ2v) is 6.65. The van der Waals surface area contributed by atoms with Gasteiger partial charge in [-0.05, 0) is 42.8 Å². The van der Waals surface area contributed by atoms with Crippen LogP contribution in [-0.4, -0.2) is 12.4 Å². The van der Waals surface area contributed by atoms with E-state index in [0.717, 1.165) is 22.6 Å². The third-order valence-electron chi connectivity index (χ3n) is 3.10. The summed E-state index contributed by atoms with van der Waals surface area (Å²) in [6, 6.07) is 7.62. The molecule has 7 heteroatoms. The SMILES string of the molecule is C=C(COc1ccc(F)c(C(=N)N)c1F)Sc1ccc(Cl)cc1C. The summed E-state index contributed by atoms with van der Waals surface area (Å²) >= 11 is 7.29. The molecule has 0 unspecified atom stereocenters. The van der Waals surface area contributed by atoms with Crippen molar-refractivity contribution in [2.75, 3.05) is 6.61 Å². The summed E-state index contributed by atoms with van der Waals surface area (Å²) in [5.41, 5.74) is 5.58. The van der Waals surface area contributed by atoms with Crippen LogP contribution in [0.5, 0.6) is 5.75 Å². The third-order valence-corrected chi connectivity index (χ3v) is 4.42. The highest BCUT2D eigenvalue weighted by Gasteiger charge is 2.17. The highest BCUT2D eigenvalue weighted by Crippen LogP contribution is 2.31. The van der Waals surface area contributed by atoms with Crippen LogP contribution in [0.1, 0.15) is 11.1 Å². The van der Waals surface area contributed by atoms with Crippen LogP contribution in [0.25, 0.3) is 0 Å². The molecule has 0 amide bonds. The van der Waals surface area contributed by atoms with Gasteiger partial charge in [-0.25, -0.2) is 8.78 Å². The van der Waals surface area contributed by atoms with Gasteiger partial charge in [-0.1, -0.05) is 29.9 Å². The maximum absolute atomic E-state index is 14.1. The summed E-state index contributed by atoms with van der Waals surface area (Å²) < 4.78 is 33.0. The standard InChI is InChI=1S/C17H15ClF2N2OS/c1-9-7-11(18)3-6-14(9)24-10(2)8-23-13-5-4-12(19)15(16(13)20)17(21)22/h3-7H,2,8H2,1H3,(H3,21,22). The molecule has 126 valence electrons. The average Bonchev–Trinajstić information content (AvgIpc) is 2.49. The van der Waals surface area contributed by atoms with E-state index >= 15 is 0 Å². The molecule has 3 nitrogen and oxygen atoms in total. The van der Waals surface area contributed by atoms with E-state index in [1.165, 1.54) is 11.8 Å². The van der Waals surface area contributed by atoms with E-state index in [2.05, 4.69) is 6.58 Å². The summed E-state index contributed by atoms with van der Waals surface area (Å²) in [4.78, 5) is 1.59. The number of halogens is 3. The zero-order valence-corrected chi connectivity index (χ0v) is 14.4. The van der Waals surface area contributed by atoms with Crippen LogP contribution in [-0.2, 0) is 0 Å². The first kappa shape index (κ1) is 18.3. The van der Waals surface area contributed by atoms with Gasteiger partial charge in [-0.15, -0.1) is 0 Å². The van der Waals surface area contributed by atoms with Crippen LogP contribution in [0, 0.1) is 24.0 Å². The predicted octanol–water partition coefficient (Wildman–Crippen LogP) is 4.90. The lowest BCUT2D eigenvalue weighted by Crippen LogP contribution is -2.16. The molecular formula is C17H15ClF2N2OS. The van der Waals surface area contributed by atoms with Crippen LogP contribution in [0.2, 0.25) is 5.02 Å². The minimum Gasteiger partial charge on any atom is -0.485 e. The van der Waals surface area contributed by atoms with E-state index in [4.69, 9.17) is 27.5 Å². The van der Waals surface area contributed by atoms with Crippen molar-refractivity contribution in [2.45, 2.75) is 11.8 Å². The Labute approximate surface area is 148 Å². The van der Waals surface area contributed by atoms with Gasteiger partial charge < -0.3 is 10.5 Å². The van der Waals surface area contributed by atoms with Crippen LogP contribution >= 0.6 is 23.4 Å². The zero-order valence-electron chi connectivity index (χ0n) is 12.8. The van der Waals surface area contributed by atoms with Gasteiger partial charge in [0.2, 0.25) is 0 Å². The molecule has 0 spiro atoms. The highest BCUT2D eigenvalue weighted by atomic mass is 35.5. The van der Waals surface area contributed by atoms with Gasteiger partial charge in [0.15, 0.2) is 11.6 Å². The summed E-state index contributed by atoms with van der Waals surface area (Å²) in [6.45, 7) is 5.81. The lowest BCUT2D eigenvalue weighted by atomic mass is 10.1. The monoisotopic (exact) mass is 368 g/mol. The molecule has 0 heterocycles. The van der Waals surface area contributed by atoms with Crippen molar-refractivity contribution in [1.82, 2.24) is 0 Å². The van der Waals surface area contributed by atoms with Crippen molar-refractivity contribution in [3.8, 4) is 5.75 Å². The molecule has 0 atom stereocenters. The third kappa shape index (κ3) is 4.27. The van der Waals surface area contributed by atoms with Crippen molar-refractivity contribution in [3.63, 3.8) is 0 Å². The molecule has 0 aromatic heterocycles. The maximum Gasteiger partial charge on any atom is 0.178 e. The first-order valence-electron chi connectivity index (χ1n) is 6.86. The molecule has 0 aliphatic heterocycles. The molecular weight excluding hydrogens is 354 g/mol. The molecule has 2 aromatic rings. The molecule has 0 bridgehead atoms. The number of benzene rings is 2. The van der Waals surface area contributed by atoms with Crippen LogP contribution in [0.4, 0.5) is 8.78 Å². The van der Waals surface area contributed by atoms with Crippen molar-refractivity contribution in [2.24, 2.45) is 5.73 Å². The van der Waals surface area contributed by atoms with E-state index in [0.29, 0.717) is 9.93 Å². The number of nitrogen functional groups attached to an aromatic ring is 1. The number of nitrogens with one attached hydrogen (secondary N) is 1. The molecule has 0 radical (unpaired) electrons. The number of hydrogen-bond acceptors (Lipinski definition) is 3. The summed E-state index contributed by atoms with van der Waals surface area (Å²) in [6.07, 6.45) is 0. The Morgan fingerprint density at radius 2 is 2.04 bits per heavy atom. The first-order chi connectivity index (χ1) is 11.3. The summed E-state index contributed by atoms with van der Waals surface area (Å²) in [5, 5.41) is 7.87. The zero-order chi connectivity index (χ0) is 17.9. The highest BCUT2D eigenvalue weighted by molar-refractivity contribution is 8.03. The number of aryl methyl sites for hydroxylation is 1. The molecule has 2 aromatic carbocycles. The average molecular weight is 369 g/mol. The van der Waals surface area contributed by atoms with Gasteiger partial charge in [-0.2, -0.15) is 0 Å². The summed E-state index contributed by atoms with van der Waals surface area (Å²) in [5.74, 6) is -2.78. The number of hydrogen-bond donors (Lipinski definition) is 2. The number of thioether (sulfide) groups is 1. The number of rotatable bonds is 6. The fourth-order valence-electron chi connectivity index (χ4n) is 1.96. The molecule has 0 aliphatic carbocycles. The topological polar surface area (TPSA) is 59.1 Å². The second kappa shape index (κ2) is 7.68. The number of ether oxygens (including phenoxy) is 1. The Morgan fingerprint density at radius 3 is 2.67 bits per heavy atom. The van der Waals surface area contributed by atoms with Crippen LogP contribution < -0.4 is 10.5 Å². The lowest BCUT2D eigenvalue weighted by molar-refractivity contribution is 0.337. The Hall–Kier alpha value is -2.05. The fourth-order valence-corrected chi connectivity index (χ4v) is 2.97. The van der Waals surface area contributed by atoms with Crippen LogP contribution in [0.3, 0.4) is 0 Å². The van der Waals surface area contributed by atoms with Gasteiger partial charge in [0, 0.05) is 14.8 Å². The van der Waals surface area contributed by atoms with Gasteiger partial charge in [-0.3, -0.25) is 5.41 Å². The molecule has 0 aliphatic rings. The maximum atomic E-state index is 14.1. The molecule has 3 N–H and O–H groups in total. The fraction of sp³-hybridized carbons (Fsp3) is 0.118. The molecule has 0 saturated heterocycles. The second-order valence-electron chi connectivity index (χ2n) is 4.99. The van der Waals surface area contributed by atoms with Gasteiger partial charge in [0.05, 0.1) is 5.56 Å². The van der Waals surface area contributed by atoms with Gasteiger partial charge in [0.25, 0.3) is 0 Å². The molecule has 2 rings (SSSR count).